The number of carbonyl (C=O) groups is 2. The van der Waals surface area contributed by atoms with Gasteiger partial charge in [0.2, 0.25) is 0 Å². The zero-order valence-electron chi connectivity index (χ0n) is 21.6. The highest BCUT2D eigenvalue weighted by Gasteiger charge is 2.41. The molecule has 10 heteroatoms. The van der Waals surface area contributed by atoms with Gasteiger partial charge in [0.05, 0.1) is 17.7 Å². The van der Waals surface area contributed by atoms with Gasteiger partial charge >= 0.3 is 12.1 Å². The minimum atomic E-state index is -3.86. The van der Waals surface area contributed by atoms with E-state index in [9.17, 15) is 18.0 Å². The first-order valence-electron chi connectivity index (χ1n) is 11.9. The Morgan fingerprint density at radius 3 is 2.38 bits per heavy atom. The lowest BCUT2D eigenvalue weighted by Gasteiger charge is -2.31. The van der Waals surface area contributed by atoms with Crippen LogP contribution >= 0.6 is 22.6 Å². The predicted octanol–water partition coefficient (Wildman–Crippen LogP) is 5.51. The summed E-state index contributed by atoms with van der Waals surface area (Å²) in [7, 11) is -2.64. The number of halogens is 1. The van der Waals surface area contributed by atoms with Crippen molar-refractivity contribution in [2.75, 3.05) is 11.8 Å². The molecule has 0 radical (unpaired) electrons. The fraction of sp³-hybridized carbons (Fsp3) is 0.207. The number of alkyl carbamates (subject to hydrolysis) is 1. The smallest absolute Gasteiger partial charge is 0.408 e. The van der Waals surface area contributed by atoms with E-state index in [1.54, 1.807) is 30.3 Å². The number of anilines is 1. The first kappa shape index (κ1) is 29.9. The molecule has 0 aromatic heterocycles. The lowest BCUT2D eigenvalue weighted by Crippen LogP contribution is -2.56. The second-order valence-electron chi connectivity index (χ2n) is 8.75. The molecule has 8 nitrogen and oxygen atoms in total. The van der Waals surface area contributed by atoms with E-state index in [2.05, 4.69) is 22.3 Å². The van der Waals surface area contributed by atoms with Crippen molar-refractivity contribution in [3.63, 3.8) is 0 Å². The Hall–Kier alpha value is -3.60. The van der Waals surface area contributed by atoms with Crippen molar-refractivity contribution in [3.05, 3.63) is 111 Å². The maximum absolute atomic E-state index is 13.1. The van der Waals surface area contributed by atoms with Gasteiger partial charge in [-0.2, -0.15) is 0 Å². The highest BCUT2D eigenvalue weighted by atomic mass is 127. The Kier molecular flexibility index (Phi) is 10.3. The van der Waals surface area contributed by atoms with E-state index in [1.165, 1.54) is 25.3 Å². The average Bonchev–Trinajstić information content (AvgIpc) is 2.93. The van der Waals surface area contributed by atoms with Crippen molar-refractivity contribution < 1.29 is 27.5 Å². The molecule has 3 aromatic carbocycles. The van der Waals surface area contributed by atoms with Crippen LogP contribution in [-0.4, -0.2) is 33.1 Å². The van der Waals surface area contributed by atoms with Crippen molar-refractivity contribution in [1.82, 2.24) is 5.32 Å². The summed E-state index contributed by atoms with van der Waals surface area (Å²) in [6.45, 7) is 5.44. The van der Waals surface area contributed by atoms with Gasteiger partial charge in [-0.15, -0.1) is 5.73 Å². The van der Waals surface area contributed by atoms with Crippen molar-refractivity contribution >= 4 is 50.4 Å². The first-order valence-corrected chi connectivity index (χ1v) is 14.4. The molecule has 3 aromatic rings. The van der Waals surface area contributed by atoms with Crippen LogP contribution in [0.2, 0.25) is 0 Å². The van der Waals surface area contributed by atoms with Crippen LogP contribution in [0.5, 0.6) is 0 Å². The maximum atomic E-state index is 13.1. The number of esters is 1. The molecule has 2 N–H and O–H groups in total. The van der Waals surface area contributed by atoms with Gasteiger partial charge in [0.1, 0.15) is 12.1 Å². The van der Waals surface area contributed by atoms with Crippen molar-refractivity contribution in [1.29, 1.82) is 0 Å². The molecular weight excluding hydrogens is 631 g/mol. The van der Waals surface area contributed by atoms with E-state index in [0.29, 0.717) is 14.8 Å². The number of benzene rings is 3. The maximum Gasteiger partial charge on any atom is 0.408 e. The number of amides is 1. The summed E-state index contributed by atoms with van der Waals surface area (Å²) in [5.74, 6) is -0.702. The van der Waals surface area contributed by atoms with Gasteiger partial charge < -0.3 is 14.8 Å². The molecule has 0 fully saturated rings. The molecule has 0 spiro atoms. The summed E-state index contributed by atoms with van der Waals surface area (Å²) in [6.07, 6.45) is 0.703. The Morgan fingerprint density at radius 2 is 1.74 bits per heavy atom. The van der Waals surface area contributed by atoms with E-state index >= 15 is 0 Å². The lowest BCUT2D eigenvalue weighted by molar-refractivity contribution is -0.148. The summed E-state index contributed by atoms with van der Waals surface area (Å²) < 4.78 is 39.6. The summed E-state index contributed by atoms with van der Waals surface area (Å²) in [4.78, 5) is 26.1. The first-order chi connectivity index (χ1) is 18.6. The minimum absolute atomic E-state index is 0.00896. The number of ether oxygens (including phenoxy) is 2. The molecule has 204 valence electrons. The standard InChI is InChI=1S/C29H29IN2O6S/c1-4-5-18-29(27(33)37-3,31-28(34)38-20-22-10-7-6-8-11-22)19-23-12-9-13-25(26(23)30)32-39(35,36)24-16-14-21(2)15-17-24/h5-17,32H,1,18-20H2,2-3H3,(H,31,34). The molecule has 0 aliphatic carbocycles. The molecule has 0 saturated heterocycles. The lowest BCUT2D eigenvalue weighted by atomic mass is 9.87. The Bertz CT molecular complexity index is 1470. The topological polar surface area (TPSA) is 111 Å². The quantitative estimate of drug-likeness (QED) is 0.160. The molecule has 0 aliphatic rings. The second-order valence-corrected chi connectivity index (χ2v) is 11.5. The predicted molar refractivity (Wildman–Crippen MR) is 158 cm³/mol. The fourth-order valence-corrected chi connectivity index (χ4v) is 5.75. The van der Waals surface area contributed by atoms with Crippen LogP contribution < -0.4 is 10.0 Å². The van der Waals surface area contributed by atoms with Gasteiger partial charge in [0, 0.05) is 16.4 Å². The van der Waals surface area contributed by atoms with Crippen molar-refractivity contribution in [3.8, 4) is 0 Å². The van der Waals surface area contributed by atoms with Gasteiger partial charge in [-0.3, -0.25) is 4.72 Å². The molecule has 1 unspecified atom stereocenters. The van der Waals surface area contributed by atoms with E-state index in [4.69, 9.17) is 9.47 Å². The Labute approximate surface area is 242 Å². The third kappa shape index (κ3) is 7.95. The number of methoxy groups -OCH3 is 1. The van der Waals surface area contributed by atoms with Crippen LogP contribution in [0.25, 0.3) is 0 Å². The number of carbonyl (C=O) groups excluding carboxylic acids is 2. The largest absolute Gasteiger partial charge is 0.467 e. The fourth-order valence-electron chi connectivity index (χ4n) is 3.81. The third-order valence-corrected chi connectivity index (χ3v) is 8.53. The van der Waals surface area contributed by atoms with Crippen LogP contribution in [0, 0.1) is 10.5 Å². The molecule has 1 atom stereocenters. The molecule has 0 saturated carbocycles. The highest BCUT2D eigenvalue weighted by Crippen LogP contribution is 2.30. The van der Waals surface area contributed by atoms with Gasteiger partial charge in [0.15, 0.2) is 0 Å². The molecule has 0 heterocycles. The Balaban J connectivity index is 1.91. The van der Waals surface area contributed by atoms with Gasteiger partial charge in [-0.1, -0.05) is 66.7 Å². The number of hydrogen-bond acceptors (Lipinski definition) is 6. The van der Waals surface area contributed by atoms with Crippen LogP contribution in [0.4, 0.5) is 10.5 Å². The highest BCUT2D eigenvalue weighted by molar-refractivity contribution is 14.1. The number of sulfonamides is 1. The third-order valence-electron chi connectivity index (χ3n) is 5.87. The van der Waals surface area contributed by atoms with Gasteiger partial charge in [0.25, 0.3) is 10.0 Å². The zero-order chi connectivity index (χ0) is 28.5. The van der Waals surface area contributed by atoms with E-state index < -0.39 is 27.6 Å². The zero-order valence-corrected chi connectivity index (χ0v) is 24.5. The summed E-state index contributed by atoms with van der Waals surface area (Å²) in [5, 5.41) is 2.68. The summed E-state index contributed by atoms with van der Waals surface area (Å²) in [6, 6.07) is 20.7. The molecule has 1 amide bonds. The molecule has 39 heavy (non-hydrogen) atoms. The van der Waals surface area contributed by atoms with Crippen LogP contribution in [0.1, 0.15) is 23.1 Å². The molecule has 0 bridgehead atoms. The molecule has 0 aliphatic heterocycles. The SMILES string of the molecule is C=C=CCC(Cc1cccc(NS(=O)(=O)c2ccc(C)cc2)c1I)(NC(=O)OCc1ccccc1)C(=O)OC. The van der Waals surface area contributed by atoms with Gasteiger partial charge in [-0.05, 0) is 64.9 Å². The average molecular weight is 661 g/mol. The number of hydrogen-bond donors (Lipinski definition) is 2. The van der Waals surface area contributed by atoms with E-state index in [1.807, 2.05) is 59.8 Å². The Morgan fingerprint density at radius 1 is 1.05 bits per heavy atom. The molecular formula is C29H29IN2O6S. The van der Waals surface area contributed by atoms with Crippen LogP contribution in [-0.2, 0) is 37.3 Å². The van der Waals surface area contributed by atoms with Gasteiger partial charge in [-0.25, -0.2) is 18.0 Å². The van der Waals surface area contributed by atoms with E-state index in [-0.39, 0.29) is 24.3 Å². The number of aryl methyl sites for hydroxylation is 1. The molecule has 3 rings (SSSR count). The minimum Gasteiger partial charge on any atom is -0.467 e. The van der Waals surface area contributed by atoms with Crippen molar-refractivity contribution in [2.45, 2.75) is 36.8 Å². The summed E-state index contributed by atoms with van der Waals surface area (Å²) >= 11 is 2.02. The number of rotatable bonds is 11. The number of nitrogens with one attached hydrogen (secondary N) is 2. The van der Waals surface area contributed by atoms with E-state index in [0.717, 1.165) is 11.1 Å². The van der Waals surface area contributed by atoms with Crippen LogP contribution in [0.3, 0.4) is 0 Å². The monoisotopic (exact) mass is 660 g/mol. The normalized spacial score (nSPS) is 12.4. The van der Waals surface area contributed by atoms with Crippen LogP contribution in [0.15, 0.2) is 96.1 Å². The second kappa shape index (κ2) is 13.5. The van der Waals surface area contributed by atoms with Crippen molar-refractivity contribution in [2.24, 2.45) is 0 Å². The summed E-state index contributed by atoms with van der Waals surface area (Å²) in [5.41, 5.74) is 3.72.